The highest BCUT2D eigenvalue weighted by Gasteiger charge is 2.18. The van der Waals surface area contributed by atoms with Crippen LogP contribution in [0, 0.1) is 12.7 Å². The predicted molar refractivity (Wildman–Crippen MR) is 107 cm³/mol. The van der Waals surface area contributed by atoms with Crippen molar-refractivity contribution in [2.45, 2.75) is 6.92 Å². The molecule has 2 heterocycles. The van der Waals surface area contributed by atoms with Gasteiger partial charge in [0.15, 0.2) is 11.6 Å². The summed E-state index contributed by atoms with van der Waals surface area (Å²) in [4.78, 5) is 12.8. The van der Waals surface area contributed by atoms with Crippen molar-refractivity contribution in [1.29, 1.82) is 0 Å². The molecule has 0 unspecified atom stereocenters. The van der Waals surface area contributed by atoms with E-state index < -0.39 is 5.82 Å². The van der Waals surface area contributed by atoms with E-state index in [0.29, 0.717) is 34.0 Å². The molecule has 0 saturated heterocycles. The number of nitrogens with zero attached hydrogens (tertiary/aromatic N) is 4. The van der Waals surface area contributed by atoms with Crippen LogP contribution in [0.5, 0.6) is 5.75 Å². The fraction of sp³-hybridized carbons (Fsp3) is 0.105. The molecule has 9 nitrogen and oxygen atoms in total. The number of fused-ring (bicyclic) bond motifs is 1. The smallest absolute Gasteiger partial charge is 0.239 e. The predicted octanol–water partition coefficient (Wildman–Crippen LogP) is 3.40. The highest BCUT2D eigenvalue weighted by Crippen LogP contribution is 2.27. The molecule has 0 bridgehead atoms. The average Bonchev–Trinajstić information content (AvgIpc) is 3.06. The molecule has 0 aliphatic carbocycles. The summed E-state index contributed by atoms with van der Waals surface area (Å²) >= 11 is 0. The van der Waals surface area contributed by atoms with E-state index in [2.05, 4.69) is 25.7 Å². The summed E-state index contributed by atoms with van der Waals surface area (Å²) in [6.07, 6.45) is 0. The van der Waals surface area contributed by atoms with Gasteiger partial charge in [-0.2, -0.15) is 14.4 Å². The van der Waals surface area contributed by atoms with Gasteiger partial charge in [-0.1, -0.05) is 0 Å². The third-order valence-electron chi connectivity index (χ3n) is 4.37. The molecule has 0 amide bonds. The van der Waals surface area contributed by atoms with E-state index in [9.17, 15) is 9.60 Å². The fourth-order valence-electron chi connectivity index (χ4n) is 2.96. The minimum absolute atomic E-state index is 0.0737. The van der Waals surface area contributed by atoms with Gasteiger partial charge in [0.1, 0.15) is 11.6 Å². The van der Waals surface area contributed by atoms with E-state index in [-0.39, 0.29) is 17.6 Å². The van der Waals surface area contributed by atoms with E-state index >= 15 is 0 Å². The minimum Gasteiger partial charge on any atom is -0.497 e. The quantitative estimate of drug-likeness (QED) is 0.379. The Labute approximate surface area is 165 Å². The standard InChI is InChI=1S/C19H18FN7O2/c1-10-22-14-8-5-12(26-28)9-15(14)27(10)19-24-17(21)16(20)18(25-19)23-11-3-6-13(29-2)7-4-11/h3-9,26,28H,1-2H3,(H3,21,23,24,25). The van der Waals surface area contributed by atoms with Crippen LogP contribution in [-0.2, 0) is 0 Å². The Hall–Kier alpha value is -3.92. The van der Waals surface area contributed by atoms with Crippen molar-refractivity contribution >= 4 is 34.0 Å². The van der Waals surface area contributed by atoms with Crippen molar-refractivity contribution in [3.8, 4) is 11.7 Å². The molecular formula is C19H18FN7O2. The Morgan fingerprint density at radius 2 is 1.79 bits per heavy atom. The number of nitrogen functional groups attached to an aromatic ring is 1. The lowest BCUT2D eigenvalue weighted by Crippen LogP contribution is -2.10. The second kappa shape index (κ2) is 7.24. The number of aromatic nitrogens is 4. The number of anilines is 4. The third-order valence-corrected chi connectivity index (χ3v) is 4.37. The van der Waals surface area contributed by atoms with Crippen molar-refractivity contribution in [1.82, 2.24) is 19.5 Å². The molecule has 0 aliphatic rings. The third kappa shape index (κ3) is 3.36. The summed E-state index contributed by atoms with van der Waals surface area (Å²) in [5.74, 6) is 0.266. The number of methoxy groups -OCH3 is 1. The van der Waals surface area contributed by atoms with Crippen molar-refractivity contribution in [3.63, 3.8) is 0 Å². The normalized spacial score (nSPS) is 10.9. The lowest BCUT2D eigenvalue weighted by atomic mass is 10.3. The van der Waals surface area contributed by atoms with Gasteiger partial charge in [-0.25, -0.2) is 4.98 Å². The number of benzene rings is 2. The molecule has 0 spiro atoms. The van der Waals surface area contributed by atoms with Gasteiger partial charge < -0.3 is 15.8 Å². The van der Waals surface area contributed by atoms with Gasteiger partial charge in [-0.05, 0) is 49.4 Å². The molecule has 0 radical (unpaired) electrons. The number of aryl methyl sites for hydroxylation is 1. The Balaban J connectivity index is 1.81. The summed E-state index contributed by atoms with van der Waals surface area (Å²) < 4.78 is 21.3. The van der Waals surface area contributed by atoms with Crippen LogP contribution in [0.1, 0.15) is 5.82 Å². The maximum absolute atomic E-state index is 14.6. The number of nitrogens with one attached hydrogen (secondary N) is 2. The van der Waals surface area contributed by atoms with E-state index in [0.717, 1.165) is 0 Å². The second-order valence-corrected chi connectivity index (χ2v) is 6.23. The van der Waals surface area contributed by atoms with Crippen molar-refractivity contribution in [2.75, 3.05) is 23.6 Å². The van der Waals surface area contributed by atoms with Gasteiger partial charge in [0.05, 0.1) is 23.8 Å². The minimum atomic E-state index is -0.760. The topological polar surface area (TPSA) is 123 Å². The van der Waals surface area contributed by atoms with Gasteiger partial charge in [0.25, 0.3) is 0 Å². The zero-order valence-corrected chi connectivity index (χ0v) is 15.6. The van der Waals surface area contributed by atoms with E-state index in [1.165, 1.54) is 0 Å². The van der Waals surface area contributed by atoms with E-state index in [1.807, 2.05) is 0 Å². The number of hydrogen-bond acceptors (Lipinski definition) is 8. The first-order chi connectivity index (χ1) is 14.0. The van der Waals surface area contributed by atoms with Gasteiger partial charge in [-0.3, -0.25) is 15.3 Å². The number of halogens is 1. The summed E-state index contributed by atoms with van der Waals surface area (Å²) in [6.45, 7) is 1.77. The highest BCUT2D eigenvalue weighted by atomic mass is 19.1. The summed E-state index contributed by atoms with van der Waals surface area (Å²) in [5.41, 5.74) is 10.3. The molecule has 0 saturated carbocycles. The first-order valence-corrected chi connectivity index (χ1v) is 8.64. The van der Waals surface area contributed by atoms with Crippen LogP contribution in [0.2, 0.25) is 0 Å². The average molecular weight is 395 g/mol. The summed E-state index contributed by atoms with van der Waals surface area (Å²) in [7, 11) is 1.56. The van der Waals surface area contributed by atoms with Gasteiger partial charge in [0.2, 0.25) is 11.8 Å². The molecule has 10 heteroatoms. The maximum atomic E-state index is 14.6. The second-order valence-electron chi connectivity index (χ2n) is 6.23. The molecule has 2 aromatic heterocycles. The van der Waals surface area contributed by atoms with Crippen LogP contribution in [0.15, 0.2) is 42.5 Å². The number of nitrogens with two attached hydrogens (primary N) is 1. The van der Waals surface area contributed by atoms with Gasteiger partial charge >= 0.3 is 0 Å². The van der Waals surface area contributed by atoms with Gasteiger partial charge in [-0.15, -0.1) is 0 Å². The highest BCUT2D eigenvalue weighted by molar-refractivity contribution is 5.81. The van der Waals surface area contributed by atoms with Crippen molar-refractivity contribution < 1.29 is 14.3 Å². The molecule has 0 aliphatic heterocycles. The van der Waals surface area contributed by atoms with Crippen LogP contribution in [0.3, 0.4) is 0 Å². The zero-order valence-electron chi connectivity index (χ0n) is 15.6. The SMILES string of the molecule is COc1ccc(Nc2nc(-n3c(C)nc4ccc(NO)cc43)nc(N)c2F)cc1. The Kier molecular flexibility index (Phi) is 4.61. The number of hydrogen-bond donors (Lipinski definition) is 4. The largest absolute Gasteiger partial charge is 0.497 e. The maximum Gasteiger partial charge on any atom is 0.239 e. The molecule has 4 aromatic rings. The Morgan fingerprint density at radius 1 is 1.07 bits per heavy atom. The number of ether oxygens (including phenoxy) is 1. The van der Waals surface area contributed by atoms with Gasteiger partial charge in [0, 0.05) is 5.69 Å². The Bertz CT molecular complexity index is 1190. The molecule has 0 fully saturated rings. The van der Waals surface area contributed by atoms with Crippen LogP contribution in [0.4, 0.5) is 27.4 Å². The Morgan fingerprint density at radius 3 is 2.48 bits per heavy atom. The van der Waals surface area contributed by atoms with Crippen LogP contribution >= 0.6 is 0 Å². The molecular weight excluding hydrogens is 377 g/mol. The van der Waals surface area contributed by atoms with Crippen molar-refractivity contribution in [2.24, 2.45) is 0 Å². The first-order valence-electron chi connectivity index (χ1n) is 8.64. The molecule has 148 valence electrons. The molecule has 4 rings (SSSR count). The van der Waals surface area contributed by atoms with Crippen LogP contribution < -0.4 is 21.3 Å². The monoisotopic (exact) mass is 395 g/mol. The van der Waals surface area contributed by atoms with Crippen LogP contribution in [0.25, 0.3) is 17.0 Å². The number of imidazole rings is 1. The molecule has 0 atom stereocenters. The number of rotatable bonds is 5. The summed E-state index contributed by atoms with van der Waals surface area (Å²) in [6, 6.07) is 12.0. The van der Waals surface area contributed by atoms with Crippen LogP contribution in [-0.4, -0.2) is 31.8 Å². The molecule has 5 N–H and O–H groups in total. The lowest BCUT2D eigenvalue weighted by molar-refractivity contribution is 0.389. The summed E-state index contributed by atoms with van der Waals surface area (Å²) in [5, 5.41) is 12.1. The zero-order chi connectivity index (χ0) is 20.5. The van der Waals surface area contributed by atoms with E-state index in [1.54, 1.807) is 61.1 Å². The fourth-order valence-corrected chi connectivity index (χ4v) is 2.96. The molecule has 2 aromatic carbocycles. The molecule has 29 heavy (non-hydrogen) atoms. The van der Waals surface area contributed by atoms with Crippen molar-refractivity contribution in [3.05, 3.63) is 54.1 Å². The lowest BCUT2D eigenvalue weighted by Gasteiger charge is -2.12. The first kappa shape index (κ1) is 18.4. The van der Waals surface area contributed by atoms with E-state index in [4.69, 9.17) is 10.5 Å².